The van der Waals surface area contributed by atoms with Crippen molar-refractivity contribution >= 4 is 34.9 Å². The van der Waals surface area contributed by atoms with Crippen LogP contribution in [0.15, 0.2) is 53.5 Å². The fourth-order valence-corrected chi connectivity index (χ4v) is 5.07. The number of guanidine groups is 1. The molecule has 2 aliphatic heterocycles. The molecule has 0 radical (unpaired) electrons. The van der Waals surface area contributed by atoms with Gasteiger partial charge in [-0.05, 0) is 56.0 Å². The van der Waals surface area contributed by atoms with E-state index in [1.165, 1.54) is 25.6 Å². The Labute approximate surface area is 220 Å². The molecule has 1 unspecified atom stereocenters. The van der Waals surface area contributed by atoms with Gasteiger partial charge in [0.2, 0.25) is 11.9 Å². The molecular formula is C29H39N5O3. The Kier molecular flexibility index (Phi) is 8.69. The molecule has 8 nitrogen and oxygen atoms in total. The summed E-state index contributed by atoms with van der Waals surface area (Å²) in [5.41, 5.74) is 4.08. The third kappa shape index (κ3) is 6.24. The van der Waals surface area contributed by atoms with Crippen LogP contribution in [0.3, 0.4) is 0 Å². The molecule has 1 fully saturated rings. The lowest BCUT2D eigenvalue weighted by Gasteiger charge is -2.41. The summed E-state index contributed by atoms with van der Waals surface area (Å²) in [6, 6.07) is 16.4. The Hall–Kier alpha value is -3.55. The summed E-state index contributed by atoms with van der Waals surface area (Å²) in [4.78, 5) is 38.0. The largest absolute Gasteiger partial charge is 0.469 e. The number of carbonyl (C=O) groups is 2. The van der Waals surface area contributed by atoms with Crippen molar-refractivity contribution < 1.29 is 14.3 Å². The first kappa shape index (κ1) is 26.5. The molecule has 8 heteroatoms. The standard InChI is InChI=1S/C29H39N5O3/c1-31(2)27(35)13-7-8-18-32(3)29-30-25-12-6-5-11-24(25)26(21-28(36)37-4)34(29)23-16-14-22(15-17-23)33-19-9-10-20-33/h5-6,11-12,14-17,26H,7-10,13,18-21H2,1-4H3. The van der Waals surface area contributed by atoms with Crippen molar-refractivity contribution in [2.45, 2.75) is 44.6 Å². The summed E-state index contributed by atoms with van der Waals surface area (Å²) in [6.07, 6.45) is 4.87. The van der Waals surface area contributed by atoms with Crippen molar-refractivity contribution in [1.82, 2.24) is 9.80 Å². The minimum Gasteiger partial charge on any atom is -0.469 e. The van der Waals surface area contributed by atoms with E-state index in [1.54, 1.807) is 19.0 Å². The normalized spacial score (nSPS) is 16.8. The summed E-state index contributed by atoms with van der Waals surface area (Å²) < 4.78 is 5.09. The SMILES string of the molecule is COC(=O)CC1c2ccccc2N=C(N(C)CCCCC(=O)N(C)C)N1c1ccc(N2CCCC2)cc1. The number of para-hydroxylation sites is 1. The highest BCUT2D eigenvalue weighted by Gasteiger charge is 2.34. The van der Waals surface area contributed by atoms with E-state index in [9.17, 15) is 9.59 Å². The molecule has 2 aliphatic rings. The number of hydrogen-bond acceptors (Lipinski definition) is 7. The molecule has 198 valence electrons. The van der Waals surface area contributed by atoms with Gasteiger partial charge in [0, 0.05) is 64.1 Å². The number of carbonyl (C=O) groups excluding carboxylic acids is 2. The van der Waals surface area contributed by atoms with Crippen LogP contribution in [0, 0.1) is 0 Å². The van der Waals surface area contributed by atoms with Crippen LogP contribution in [0.4, 0.5) is 17.1 Å². The lowest BCUT2D eigenvalue weighted by atomic mass is 9.97. The first-order valence-electron chi connectivity index (χ1n) is 13.2. The maximum atomic E-state index is 12.6. The molecule has 1 amide bonds. The van der Waals surface area contributed by atoms with Crippen LogP contribution < -0.4 is 9.80 Å². The van der Waals surface area contributed by atoms with E-state index in [1.807, 2.05) is 31.3 Å². The second kappa shape index (κ2) is 12.1. The number of esters is 1. The van der Waals surface area contributed by atoms with E-state index in [4.69, 9.17) is 9.73 Å². The smallest absolute Gasteiger partial charge is 0.307 e. The molecule has 2 aromatic carbocycles. The number of rotatable bonds is 9. The molecule has 37 heavy (non-hydrogen) atoms. The molecule has 0 bridgehead atoms. The van der Waals surface area contributed by atoms with Gasteiger partial charge < -0.3 is 24.3 Å². The molecule has 1 atom stereocenters. The fourth-order valence-electron chi connectivity index (χ4n) is 5.07. The van der Waals surface area contributed by atoms with Crippen LogP contribution in [0.2, 0.25) is 0 Å². The molecule has 0 spiro atoms. The van der Waals surface area contributed by atoms with E-state index in [0.29, 0.717) is 6.42 Å². The number of fused-ring (bicyclic) bond motifs is 1. The Morgan fingerprint density at radius 3 is 2.32 bits per heavy atom. The zero-order valence-corrected chi connectivity index (χ0v) is 22.5. The second-order valence-corrected chi connectivity index (χ2v) is 10.0. The molecule has 0 aliphatic carbocycles. The van der Waals surface area contributed by atoms with Crippen LogP contribution in [0.1, 0.15) is 50.1 Å². The highest BCUT2D eigenvalue weighted by atomic mass is 16.5. The van der Waals surface area contributed by atoms with Crippen molar-refractivity contribution in [3.05, 3.63) is 54.1 Å². The lowest BCUT2D eigenvalue weighted by molar-refractivity contribution is -0.141. The third-order valence-electron chi connectivity index (χ3n) is 7.20. The number of unbranched alkanes of at least 4 members (excludes halogenated alkanes) is 1. The second-order valence-electron chi connectivity index (χ2n) is 10.0. The zero-order chi connectivity index (χ0) is 26.4. The van der Waals surface area contributed by atoms with Crippen LogP contribution in [-0.2, 0) is 14.3 Å². The van der Waals surface area contributed by atoms with Gasteiger partial charge in [-0.3, -0.25) is 9.59 Å². The number of ether oxygens (including phenoxy) is 1. The van der Waals surface area contributed by atoms with E-state index >= 15 is 0 Å². The molecule has 0 saturated carbocycles. The average molecular weight is 506 g/mol. The minimum absolute atomic E-state index is 0.143. The van der Waals surface area contributed by atoms with E-state index in [2.05, 4.69) is 39.0 Å². The maximum absolute atomic E-state index is 12.6. The molecule has 4 rings (SSSR count). The summed E-state index contributed by atoms with van der Waals surface area (Å²) in [7, 11) is 7.04. The predicted molar refractivity (Wildman–Crippen MR) is 148 cm³/mol. The quantitative estimate of drug-likeness (QED) is 0.367. The first-order chi connectivity index (χ1) is 17.9. The number of amides is 1. The van der Waals surface area contributed by atoms with Crippen LogP contribution in [0.25, 0.3) is 0 Å². The number of anilines is 2. The summed E-state index contributed by atoms with van der Waals surface area (Å²) in [5.74, 6) is 0.675. The Morgan fingerprint density at radius 2 is 1.65 bits per heavy atom. The van der Waals surface area contributed by atoms with Gasteiger partial charge in [-0.15, -0.1) is 0 Å². The van der Waals surface area contributed by atoms with Crippen LogP contribution >= 0.6 is 0 Å². The Bertz CT molecular complexity index is 1110. The van der Waals surface area contributed by atoms with Crippen molar-refractivity contribution in [1.29, 1.82) is 0 Å². The van der Waals surface area contributed by atoms with E-state index in [0.717, 1.165) is 55.4 Å². The number of hydrogen-bond donors (Lipinski definition) is 0. The molecule has 2 aromatic rings. The minimum atomic E-state index is -0.260. The molecule has 0 N–H and O–H groups in total. The zero-order valence-electron chi connectivity index (χ0n) is 22.5. The van der Waals surface area contributed by atoms with Crippen molar-refractivity contribution in [3.63, 3.8) is 0 Å². The molecule has 1 saturated heterocycles. The summed E-state index contributed by atoms with van der Waals surface area (Å²) in [5, 5.41) is 0. The maximum Gasteiger partial charge on any atom is 0.307 e. The van der Waals surface area contributed by atoms with E-state index in [-0.39, 0.29) is 24.3 Å². The topological polar surface area (TPSA) is 68.7 Å². The van der Waals surface area contributed by atoms with Gasteiger partial charge in [0.05, 0.1) is 25.3 Å². The number of benzene rings is 2. The van der Waals surface area contributed by atoms with Gasteiger partial charge in [0.15, 0.2) is 0 Å². The Morgan fingerprint density at radius 1 is 0.973 bits per heavy atom. The summed E-state index contributed by atoms with van der Waals surface area (Å²) in [6.45, 7) is 2.93. The van der Waals surface area contributed by atoms with Gasteiger partial charge in [0.25, 0.3) is 0 Å². The van der Waals surface area contributed by atoms with Crippen molar-refractivity contribution in [3.8, 4) is 0 Å². The Balaban J connectivity index is 1.63. The van der Waals surface area contributed by atoms with Gasteiger partial charge in [-0.2, -0.15) is 0 Å². The van der Waals surface area contributed by atoms with Gasteiger partial charge in [-0.1, -0.05) is 18.2 Å². The number of nitrogens with zero attached hydrogens (tertiary/aromatic N) is 5. The molecule has 2 heterocycles. The molecule has 0 aromatic heterocycles. The first-order valence-corrected chi connectivity index (χ1v) is 13.2. The summed E-state index contributed by atoms with van der Waals surface area (Å²) >= 11 is 0. The average Bonchev–Trinajstić information content (AvgIpc) is 3.45. The molecular weight excluding hydrogens is 466 g/mol. The van der Waals surface area contributed by atoms with Crippen LogP contribution in [0.5, 0.6) is 0 Å². The highest BCUT2D eigenvalue weighted by Crippen LogP contribution is 2.41. The van der Waals surface area contributed by atoms with Crippen LogP contribution in [-0.4, -0.2) is 75.5 Å². The van der Waals surface area contributed by atoms with Crippen molar-refractivity contribution in [2.75, 3.05) is 57.7 Å². The third-order valence-corrected chi connectivity index (χ3v) is 7.20. The number of aliphatic imine (C=N–C) groups is 1. The highest BCUT2D eigenvalue weighted by molar-refractivity contribution is 6.01. The lowest BCUT2D eigenvalue weighted by Crippen LogP contribution is -2.47. The fraction of sp³-hybridized carbons (Fsp3) is 0.483. The number of methoxy groups -OCH3 is 1. The van der Waals surface area contributed by atoms with Gasteiger partial charge in [0.1, 0.15) is 0 Å². The van der Waals surface area contributed by atoms with Gasteiger partial charge in [-0.25, -0.2) is 4.99 Å². The predicted octanol–water partition coefficient (Wildman–Crippen LogP) is 4.59. The van der Waals surface area contributed by atoms with Crippen molar-refractivity contribution in [2.24, 2.45) is 4.99 Å². The van der Waals surface area contributed by atoms with Gasteiger partial charge >= 0.3 is 5.97 Å². The monoisotopic (exact) mass is 505 g/mol. The van der Waals surface area contributed by atoms with E-state index < -0.39 is 0 Å².